The highest BCUT2D eigenvalue weighted by atomic mass is 32.2. The lowest BCUT2D eigenvalue weighted by molar-refractivity contribution is -0.153. The largest absolute Gasteiger partial charge is 0.481 e. The minimum absolute atomic E-state index is 0.0210. The van der Waals surface area contributed by atoms with Gasteiger partial charge in [-0.15, -0.1) is 0 Å². The van der Waals surface area contributed by atoms with Crippen molar-refractivity contribution in [1.82, 2.24) is 9.21 Å². The van der Waals surface area contributed by atoms with Gasteiger partial charge in [0.05, 0.1) is 16.7 Å². The van der Waals surface area contributed by atoms with Gasteiger partial charge in [0.15, 0.2) is 0 Å². The molecule has 1 aromatic carbocycles. The summed E-state index contributed by atoms with van der Waals surface area (Å²) in [6.45, 7) is 0.757. The van der Waals surface area contributed by atoms with Crippen LogP contribution in [0.1, 0.15) is 19.3 Å². The highest BCUT2D eigenvalue weighted by Gasteiger charge is 2.55. The Labute approximate surface area is 163 Å². The van der Waals surface area contributed by atoms with Crippen LogP contribution in [-0.4, -0.2) is 60.8 Å². The van der Waals surface area contributed by atoms with Crippen molar-refractivity contribution >= 4 is 21.9 Å². The van der Waals surface area contributed by atoms with Crippen molar-refractivity contribution in [2.75, 3.05) is 26.2 Å². The number of carboxylic acid groups (broad SMARTS) is 1. The van der Waals surface area contributed by atoms with Crippen molar-refractivity contribution in [3.63, 3.8) is 0 Å². The lowest BCUT2D eigenvalue weighted by Crippen LogP contribution is -2.53. The van der Waals surface area contributed by atoms with Gasteiger partial charge in [-0.2, -0.15) is 4.31 Å². The van der Waals surface area contributed by atoms with Gasteiger partial charge >= 0.3 is 5.97 Å². The topological polar surface area (TPSA) is 95.0 Å². The number of carbonyl (C=O) groups excluding carboxylic acids is 1. The maximum Gasteiger partial charge on any atom is 0.307 e. The monoisotopic (exact) mass is 410 g/mol. The molecule has 1 heterocycles. The molecule has 28 heavy (non-hydrogen) atoms. The highest BCUT2D eigenvalue weighted by molar-refractivity contribution is 7.89. The number of halogens is 1. The van der Waals surface area contributed by atoms with Crippen molar-refractivity contribution in [3.05, 3.63) is 30.1 Å². The number of sulfonamides is 1. The summed E-state index contributed by atoms with van der Waals surface area (Å²) in [5, 5.41) is 9.56. The van der Waals surface area contributed by atoms with Crippen LogP contribution >= 0.6 is 0 Å². The molecule has 0 radical (unpaired) electrons. The number of carbonyl (C=O) groups is 2. The normalized spacial score (nSPS) is 30.5. The summed E-state index contributed by atoms with van der Waals surface area (Å²) in [6.07, 6.45) is 2.56. The molecule has 0 aromatic heterocycles. The molecule has 1 aromatic rings. The van der Waals surface area contributed by atoms with Crippen LogP contribution in [0.4, 0.5) is 4.39 Å². The van der Waals surface area contributed by atoms with Gasteiger partial charge in [0.1, 0.15) is 5.82 Å². The van der Waals surface area contributed by atoms with Crippen molar-refractivity contribution in [2.24, 2.45) is 23.7 Å². The van der Waals surface area contributed by atoms with Gasteiger partial charge in [-0.25, -0.2) is 12.8 Å². The molecule has 1 amide bonds. The fourth-order valence-electron chi connectivity index (χ4n) is 5.12. The van der Waals surface area contributed by atoms with Crippen LogP contribution in [0.3, 0.4) is 0 Å². The van der Waals surface area contributed by atoms with Crippen LogP contribution < -0.4 is 0 Å². The van der Waals surface area contributed by atoms with E-state index in [1.165, 1.54) is 16.4 Å². The second-order valence-corrected chi connectivity index (χ2v) is 9.84. The molecule has 7 nitrogen and oxygen atoms in total. The van der Waals surface area contributed by atoms with E-state index in [4.69, 9.17) is 0 Å². The fraction of sp³-hybridized carbons (Fsp3) is 0.579. The van der Waals surface area contributed by atoms with Gasteiger partial charge in [-0.3, -0.25) is 9.59 Å². The Kier molecular flexibility index (Phi) is 4.91. The molecule has 0 spiro atoms. The van der Waals surface area contributed by atoms with E-state index in [2.05, 4.69) is 0 Å². The number of hydrogen-bond donors (Lipinski definition) is 1. The van der Waals surface area contributed by atoms with Gasteiger partial charge in [0.2, 0.25) is 15.9 Å². The van der Waals surface area contributed by atoms with Crippen LogP contribution in [0.15, 0.2) is 29.2 Å². The third kappa shape index (κ3) is 3.20. The molecule has 0 unspecified atom stereocenters. The molecule has 1 aliphatic heterocycles. The van der Waals surface area contributed by atoms with E-state index in [1.54, 1.807) is 4.90 Å². The molecule has 2 bridgehead atoms. The molecule has 1 saturated heterocycles. The van der Waals surface area contributed by atoms with Crippen LogP contribution in [-0.2, 0) is 19.6 Å². The second kappa shape index (κ2) is 7.11. The molecule has 3 aliphatic rings. The Morgan fingerprint density at radius 3 is 2.11 bits per heavy atom. The molecule has 4 atom stereocenters. The third-order valence-electron chi connectivity index (χ3n) is 6.49. The number of carboxylic acids is 1. The first-order valence-corrected chi connectivity index (χ1v) is 11.0. The zero-order valence-corrected chi connectivity index (χ0v) is 16.1. The van der Waals surface area contributed by atoms with E-state index in [-0.39, 0.29) is 48.8 Å². The summed E-state index contributed by atoms with van der Waals surface area (Å²) < 4.78 is 39.8. The Balaban J connectivity index is 1.43. The van der Waals surface area contributed by atoms with Crippen molar-refractivity contribution in [1.29, 1.82) is 0 Å². The quantitative estimate of drug-likeness (QED) is 0.810. The van der Waals surface area contributed by atoms with E-state index in [9.17, 15) is 27.5 Å². The minimum atomic E-state index is -3.74. The SMILES string of the molecule is O=C(O)[C@H]1[C@H]2CC[C@@H](C2)[C@H]1C(=O)N1CCN(S(=O)(=O)c2ccc(F)cc2)CC1. The number of benzene rings is 1. The summed E-state index contributed by atoms with van der Waals surface area (Å²) in [7, 11) is -3.74. The average molecular weight is 410 g/mol. The van der Waals surface area contributed by atoms with Gasteiger partial charge in [0, 0.05) is 26.2 Å². The zero-order chi connectivity index (χ0) is 20.1. The van der Waals surface area contributed by atoms with Crippen LogP contribution in [0, 0.1) is 29.5 Å². The number of aliphatic carboxylic acids is 1. The Bertz CT molecular complexity index is 880. The van der Waals surface area contributed by atoms with Gasteiger partial charge in [0.25, 0.3) is 0 Å². The van der Waals surface area contributed by atoms with Gasteiger partial charge in [-0.05, 0) is 55.4 Å². The smallest absolute Gasteiger partial charge is 0.307 e. The summed E-state index contributed by atoms with van der Waals surface area (Å²) in [5.74, 6) is -2.46. The summed E-state index contributed by atoms with van der Waals surface area (Å²) in [6, 6.07) is 4.67. The molecule has 9 heteroatoms. The predicted octanol–water partition coefficient (Wildman–Crippen LogP) is 1.41. The Hall–Kier alpha value is -2.00. The van der Waals surface area contributed by atoms with Gasteiger partial charge in [-0.1, -0.05) is 0 Å². The van der Waals surface area contributed by atoms with E-state index >= 15 is 0 Å². The third-order valence-corrected chi connectivity index (χ3v) is 8.40. The molecular formula is C19H23FN2O5S. The van der Waals surface area contributed by atoms with Crippen LogP contribution in [0.25, 0.3) is 0 Å². The summed E-state index contributed by atoms with van der Waals surface area (Å²) in [4.78, 5) is 26.3. The Morgan fingerprint density at radius 1 is 0.964 bits per heavy atom. The number of rotatable bonds is 4. The minimum Gasteiger partial charge on any atom is -0.481 e. The van der Waals surface area contributed by atoms with Crippen molar-refractivity contribution in [2.45, 2.75) is 24.2 Å². The summed E-state index contributed by atoms with van der Waals surface area (Å²) in [5.41, 5.74) is 0. The van der Waals surface area contributed by atoms with E-state index in [0.717, 1.165) is 31.4 Å². The van der Waals surface area contributed by atoms with Gasteiger partial charge < -0.3 is 10.0 Å². The maximum absolute atomic E-state index is 13.1. The fourth-order valence-corrected chi connectivity index (χ4v) is 6.54. The average Bonchev–Trinajstić information content (AvgIpc) is 3.29. The lowest BCUT2D eigenvalue weighted by Gasteiger charge is -2.37. The number of amides is 1. The predicted molar refractivity (Wildman–Crippen MR) is 97.2 cm³/mol. The van der Waals surface area contributed by atoms with E-state index < -0.39 is 33.6 Å². The maximum atomic E-state index is 13.1. The molecule has 2 aliphatic carbocycles. The molecule has 1 N–H and O–H groups in total. The number of piperazine rings is 1. The number of nitrogens with zero attached hydrogens (tertiary/aromatic N) is 2. The number of hydrogen-bond acceptors (Lipinski definition) is 4. The van der Waals surface area contributed by atoms with E-state index in [1.807, 2.05) is 0 Å². The molecule has 2 saturated carbocycles. The second-order valence-electron chi connectivity index (χ2n) is 7.91. The van der Waals surface area contributed by atoms with E-state index in [0.29, 0.717) is 0 Å². The molecular weight excluding hydrogens is 387 g/mol. The van der Waals surface area contributed by atoms with Crippen molar-refractivity contribution < 1.29 is 27.5 Å². The molecule has 3 fully saturated rings. The standard InChI is InChI=1S/C19H23FN2O5S/c20-14-3-5-15(6-4-14)28(26,27)22-9-7-21(8-10-22)18(23)16-12-1-2-13(11-12)17(16)19(24)25/h3-6,12-13,16-17H,1-2,7-11H2,(H,24,25)/t12-,13-,16+,17-/m0/s1. The van der Waals surface area contributed by atoms with Crippen LogP contribution in [0.2, 0.25) is 0 Å². The summed E-state index contributed by atoms with van der Waals surface area (Å²) >= 11 is 0. The first-order valence-electron chi connectivity index (χ1n) is 9.56. The molecule has 152 valence electrons. The number of fused-ring (bicyclic) bond motifs is 2. The highest BCUT2D eigenvalue weighted by Crippen LogP contribution is 2.53. The first-order chi connectivity index (χ1) is 13.3. The Morgan fingerprint density at radius 2 is 1.54 bits per heavy atom. The van der Waals surface area contributed by atoms with Crippen molar-refractivity contribution in [3.8, 4) is 0 Å². The lowest BCUT2D eigenvalue weighted by atomic mass is 9.78. The molecule has 4 rings (SSSR count). The van der Waals surface area contributed by atoms with Crippen LogP contribution in [0.5, 0.6) is 0 Å². The zero-order valence-electron chi connectivity index (χ0n) is 15.3. The first kappa shape index (κ1) is 19.3.